The van der Waals surface area contributed by atoms with Gasteiger partial charge in [0.15, 0.2) is 0 Å². The van der Waals surface area contributed by atoms with E-state index in [0.29, 0.717) is 0 Å². The summed E-state index contributed by atoms with van der Waals surface area (Å²) in [6, 6.07) is 1.57. The fourth-order valence-corrected chi connectivity index (χ4v) is 0.781. The fraction of sp³-hybridized carbons (Fsp3) is 0.538. The molecule has 118 valence electrons. The average Bonchev–Trinajstić information content (AvgIpc) is 2.47. The zero-order valence-corrected chi connectivity index (χ0v) is 16.5. The Hall–Kier alpha value is -0.924. The second kappa shape index (κ2) is 16.4. The van der Waals surface area contributed by atoms with Gasteiger partial charge in [-0.15, -0.1) is 0 Å². The Labute approximate surface area is 171 Å². The van der Waals surface area contributed by atoms with Crippen molar-refractivity contribution < 1.29 is 85.1 Å². The minimum absolute atomic E-state index is 0. The van der Waals surface area contributed by atoms with Gasteiger partial charge in [0.05, 0.1) is 25.9 Å². The number of carbonyl (C=O) groups is 3. The molecule has 0 bridgehead atoms. The summed E-state index contributed by atoms with van der Waals surface area (Å²) in [4.78, 5) is 31.5. The van der Waals surface area contributed by atoms with Crippen LogP contribution >= 0.6 is 0 Å². The van der Waals surface area contributed by atoms with Gasteiger partial charge in [0, 0.05) is 5.57 Å². The molecule has 0 aliphatic heterocycles. The number of hydrogen-bond donors (Lipinski definition) is 0. The first-order chi connectivity index (χ1) is 9.85. The van der Waals surface area contributed by atoms with Gasteiger partial charge in [-0.1, -0.05) is 0 Å². The third kappa shape index (κ3) is 12.8. The van der Waals surface area contributed by atoms with Crippen LogP contribution < -0.4 is 56.5 Å². The molecule has 0 aliphatic rings. The Bertz CT molecular complexity index is 424. The molecular formula is C13H18KNO7. The summed E-state index contributed by atoms with van der Waals surface area (Å²) in [7, 11) is 0. The second-order valence-electron chi connectivity index (χ2n) is 3.23. The van der Waals surface area contributed by atoms with Gasteiger partial charge in [0.25, 0.3) is 0 Å². The second-order valence-corrected chi connectivity index (χ2v) is 3.23. The molecule has 0 saturated carbocycles. The van der Waals surface area contributed by atoms with Crippen LogP contribution in [0.3, 0.4) is 0 Å². The third-order valence-electron chi connectivity index (χ3n) is 1.69. The quantitative estimate of drug-likeness (QED) is 0.0998. The number of ether oxygens (including phenoxy) is 3. The van der Waals surface area contributed by atoms with Crippen molar-refractivity contribution in [3.05, 3.63) is 11.3 Å². The van der Waals surface area contributed by atoms with E-state index in [1.165, 1.54) is 6.92 Å². The molecule has 0 fully saturated rings. The van der Waals surface area contributed by atoms with Crippen LogP contribution in [0.2, 0.25) is 0 Å². The molecule has 0 unspecified atom stereocenters. The van der Waals surface area contributed by atoms with Gasteiger partial charge in [-0.05, 0) is 33.5 Å². The third-order valence-corrected chi connectivity index (χ3v) is 1.69. The van der Waals surface area contributed by atoms with E-state index in [2.05, 4.69) is 14.2 Å². The summed E-state index contributed by atoms with van der Waals surface area (Å²) >= 11 is 0. The minimum atomic E-state index is -0.966. The molecule has 22 heavy (non-hydrogen) atoms. The molecule has 0 saturated heterocycles. The summed E-state index contributed by atoms with van der Waals surface area (Å²) in [5, 5.41) is 18.9. The average molecular weight is 339 g/mol. The number of hydrogen-bond acceptors (Lipinski definition) is 8. The first-order valence-electron chi connectivity index (χ1n) is 6.14. The summed E-state index contributed by atoms with van der Waals surface area (Å²) < 4.78 is 13.1. The monoisotopic (exact) mass is 339 g/mol. The van der Waals surface area contributed by atoms with Crippen molar-refractivity contribution in [2.75, 3.05) is 19.8 Å². The Balaban J connectivity index is -0.000000315. The number of carbonyl (C=O) groups excluding carboxylic acids is 3. The predicted octanol–water partition coefficient (Wildman–Crippen LogP) is -3.18. The Morgan fingerprint density at radius 2 is 1.23 bits per heavy atom. The van der Waals surface area contributed by atoms with Crippen LogP contribution in [0, 0.1) is 11.3 Å². The van der Waals surface area contributed by atoms with Gasteiger partial charge in [-0.25, -0.2) is 14.4 Å². The number of nitriles is 1. The summed E-state index contributed by atoms with van der Waals surface area (Å²) in [5.74, 6) is -3.69. The maximum Gasteiger partial charge on any atom is 1.00 e. The number of esters is 3. The van der Waals surface area contributed by atoms with E-state index in [0.717, 1.165) is 0 Å². The molecule has 0 atom stereocenters. The summed E-state index contributed by atoms with van der Waals surface area (Å²) in [6.07, 6.45) is 0. The van der Waals surface area contributed by atoms with Crippen molar-refractivity contribution >= 4 is 17.9 Å². The first kappa shape index (κ1) is 26.0. The molecule has 0 aromatic carbocycles. The molecule has 0 N–H and O–H groups in total. The molecule has 0 heterocycles. The van der Waals surface area contributed by atoms with Crippen molar-refractivity contribution in [2.24, 2.45) is 0 Å². The number of allylic oxidation sites excluding steroid dienone is 1. The van der Waals surface area contributed by atoms with Crippen molar-refractivity contribution in [3.63, 3.8) is 0 Å². The van der Waals surface area contributed by atoms with Crippen LogP contribution in [0.1, 0.15) is 27.7 Å². The molecule has 8 nitrogen and oxygen atoms in total. The van der Waals surface area contributed by atoms with Crippen LogP contribution in [-0.4, -0.2) is 37.7 Å². The summed E-state index contributed by atoms with van der Waals surface area (Å²) in [5.41, 5.74) is -0.150. The Morgan fingerprint density at radius 1 is 0.909 bits per heavy atom. The van der Waals surface area contributed by atoms with Crippen molar-refractivity contribution in [3.8, 4) is 6.07 Å². The molecule has 0 aromatic heterocycles. The fourth-order valence-electron chi connectivity index (χ4n) is 0.781. The van der Waals surface area contributed by atoms with E-state index in [9.17, 15) is 19.5 Å². The van der Waals surface area contributed by atoms with Crippen LogP contribution in [0.5, 0.6) is 0 Å². The zero-order chi connectivity index (χ0) is 16.8. The van der Waals surface area contributed by atoms with E-state index in [-0.39, 0.29) is 76.8 Å². The van der Waals surface area contributed by atoms with E-state index in [4.69, 9.17) is 5.26 Å². The van der Waals surface area contributed by atoms with E-state index >= 15 is 0 Å². The Morgan fingerprint density at radius 3 is 1.50 bits per heavy atom. The maximum absolute atomic E-state index is 10.7. The minimum Gasteiger partial charge on any atom is -0.867 e. The maximum atomic E-state index is 10.7. The standard InChI is InChI=1S/C7H9NO3.C6H10O4.K/c1-3-11-7(10)6(9)5(2)4-8;1-3-9-5(7)6(8)10-4-2;/h9H,3H2,1-2H3;3-4H2,1-2H3;/q;;+1/p-1. The van der Waals surface area contributed by atoms with Crippen LogP contribution in [-0.2, 0) is 28.6 Å². The van der Waals surface area contributed by atoms with Crippen molar-refractivity contribution in [2.45, 2.75) is 27.7 Å². The largest absolute Gasteiger partial charge is 1.00 e. The van der Waals surface area contributed by atoms with Gasteiger partial charge >= 0.3 is 69.3 Å². The van der Waals surface area contributed by atoms with Gasteiger partial charge < -0.3 is 19.3 Å². The van der Waals surface area contributed by atoms with Gasteiger partial charge in [-0.3, -0.25) is 0 Å². The van der Waals surface area contributed by atoms with Crippen LogP contribution in [0.25, 0.3) is 0 Å². The molecule has 9 heteroatoms. The smallest absolute Gasteiger partial charge is 0.867 e. The van der Waals surface area contributed by atoms with E-state index in [1.807, 2.05) is 0 Å². The van der Waals surface area contributed by atoms with E-state index in [1.54, 1.807) is 26.8 Å². The molecular weight excluding hydrogens is 321 g/mol. The molecule has 0 aromatic rings. The summed E-state index contributed by atoms with van der Waals surface area (Å²) in [6.45, 7) is 6.64. The van der Waals surface area contributed by atoms with Crippen LogP contribution in [0.4, 0.5) is 0 Å². The van der Waals surface area contributed by atoms with Gasteiger partial charge in [0.2, 0.25) is 0 Å². The normalized spacial score (nSPS) is 9.59. The van der Waals surface area contributed by atoms with Crippen LogP contribution in [0.15, 0.2) is 11.3 Å². The molecule has 0 rings (SSSR count). The Kier molecular flexibility index (Phi) is 19.4. The molecule has 0 aliphatic carbocycles. The number of nitrogens with zero attached hydrogens (tertiary/aromatic N) is 1. The van der Waals surface area contributed by atoms with Crippen molar-refractivity contribution in [1.29, 1.82) is 5.26 Å². The molecule has 0 radical (unpaired) electrons. The van der Waals surface area contributed by atoms with Gasteiger partial charge in [0.1, 0.15) is 0 Å². The predicted molar refractivity (Wildman–Crippen MR) is 68.2 cm³/mol. The first-order valence-corrected chi connectivity index (χ1v) is 6.14. The van der Waals surface area contributed by atoms with E-state index < -0.39 is 23.7 Å². The van der Waals surface area contributed by atoms with Gasteiger partial charge in [-0.2, -0.15) is 5.26 Å². The molecule has 0 amide bonds. The number of rotatable bonds is 4. The van der Waals surface area contributed by atoms with Crippen molar-refractivity contribution in [1.82, 2.24) is 0 Å². The zero-order valence-electron chi connectivity index (χ0n) is 13.4. The SMILES string of the molecule is CCOC(=O)C(=O)OCC.CCOC(=O)C([O-])=C(C)C#N.[K+]. The topological polar surface area (TPSA) is 126 Å². The molecule has 0 spiro atoms.